The van der Waals surface area contributed by atoms with E-state index in [9.17, 15) is 19.2 Å². The average Bonchev–Trinajstić information content (AvgIpc) is 2.21. The monoisotopic (exact) mass is 230 g/mol. The molecule has 0 bridgehead atoms. The highest BCUT2D eigenvalue weighted by Gasteiger charge is 2.28. The van der Waals surface area contributed by atoms with Crippen LogP contribution in [-0.2, 0) is 19.2 Å². The first-order valence-electron chi connectivity index (χ1n) is 4.87. The Labute approximate surface area is 92.3 Å². The Bertz CT molecular complexity index is 292. The van der Waals surface area contributed by atoms with Crippen LogP contribution >= 0.6 is 0 Å². The van der Waals surface area contributed by atoms with Crippen LogP contribution in [-0.4, -0.2) is 33.7 Å². The zero-order valence-electron chi connectivity index (χ0n) is 8.93. The molecule has 0 aromatic carbocycles. The molecule has 0 aromatic heterocycles. The van der Waals surface area contributed by atoms with E-state index in [1.54, 1.807) is 6.92 Å². The molecule has 0 spiro atoms. The lowest BCUT2D eigenvalue weighted by Crippen LogP contribution is -2.26. The molecule has 2 N–H and O–H groups in total. The Hall–Kier alpha value is -1.72. The molecule has 0 saturated carbocycles. The molecule has 0 saturated heterocycles. The molecule has 0 aliphatic rings. The minimum atomic E-state index is -1.72. The summed E-state index contributed by atoms with van der Waals surface area (Å²) in [7, 11) is 0. The number of carboxylic acids is 2. The Morgan fingerprint density at radius 3 is 1.75 bits per heavy atom. The van der Waals surface area contributed by atoms with Gasteiger partial charge < -0.3 is 10.2 Å². The highest BCUT2D eigenvalue weighted by molar-refractivity contribution is 5.98. The van der Waals surface area contributed by atoms with Gasteiger partial charge in [0.2, 0.25) is 0 Å². The van der Waals surface area contributed by atoms with Gasteiger partial charge in [-0.05, 0) is 0 Å². The van der Waals surface area contributed by atoms with Crippen molar-refractivity contribution in [2.24, 2.45) is 5.92 Å². The molecule has 0 unspecified atom stereocenters. The van der Waals surface area contributed by atoms with E-state index < -0.39 is 30.1 Å². The molecule has 0 aliphatic heterocycles. The van der Waals surface area contributed by atoms with Crippen LogP contribution in [0, 0.1) is 5.92 Å². The standard InChI is InChI=1S/C10H14O6/c1-2-6(11)3-4-7(12)5-8(9(13)14)10(15)16/h8H,2-5H2,1H3,(H,13,14)(H,15,16). The van der Waals surface area contributed by atoms with Gasteiger partial charge in [-0.2, -0.15) is 0 Å². The number of carbonyl (C=O) groups is 4. The molecular formula is C10H14O6. The molecule has 6 nitrogen and oxygen atoms in total. The van der Waals surface area contributed by atoms with Gasteiger partial charge in [-0.3, -0.25) is 19.2 Å². The van der Waals surface area contributed by atoms with Crippen LogP contribution in [0.3, 0.4) is 0 Å². The summed E-state index contributed by atoms with van der Waals surface area (Å²) >= 11 is 0. The van der Waals surface area contributed by atoms with Gasteiger partial charge in [-0.15, -0.1) is 0 Å². The van der Waals surface area contributed by atoms with Crippen LogP contribution in [0.25, 0.3) is 0 Å². The van der Waals surface area contributed by atoms with E-state index in [1.165, 1.54) is 0 Å². The summed E-state index contributed by atoms with van der Waals surface area (Å²) < 4.78 is 0. The Kier molecular flexibility index (Phi) is 5.99. The van der Waals surface area contributed by atoms with Crippen molar-refractivity contribution in [3.63, 3.8) is 0 Å². The Balaban J connectivity index is 4.16. The first-order chi connectivity index (χ1) is 7.38. The van der Waals surface area contributed by atoms with Gasteiger partial charge in [0.25, 0.3) is 0 Å². The summed E-state index contributed by atoms with van der Waals surface area (Å²) in [5.41, 5.74) is 0. The van der Waals surface area contributed by atoms with Crippen LogP contribution in [0.2, 0.25) is 0 Å². The van der Waals surface area contributed by atoms with E-state index in [2.05, 4.69) is 0 Å². The maximum absolute atomic E-state index is 11.2. The van der Waals surface area contributed by atoms with Crippen molar-refractivity contribution in [3.05, 3.63) is 0 Å². The third kappa shape index (κ3) is 5.23. The Morgan fingerprint density at radius 2 is 1.38 bits per heavy atom. The molecule has 0 amide bonds. The SMILES string of the molecule is CCC(=O)CCC(=O)CC(C(=O)O)C(=O)O. The van der Waals surface area contributed by atoms with Gasteiger partial charge in [0.15, 0.2) is 5.92 Å². The lowest BCUT2D eigenvalue weighted by atomic mass is 9.99. The summed E-state index contributed by atoms with van der Waals surface area (Å²) in [6.45, 7) is 1.66. The van der Waals surface area contributed by atoms with Crippen LogP contribution in [0.1, 0.15) is 32.6 Å². The maximum Gasteiger partial charge on any atom is 0.318 e. The highest BCUT2D eigenvalue weighted by Crippen LogP contribution is 2.08. The highest BCUT2D eigenvalue weighted by atomic mass is 16.4. The zero-order valence-corrected chi connectivity index (χ0v) is 8.93. The number of hydrogen-bond acceptors (Lipinski definition) is 4. The number of carbonyl (C=O) groups excluding carboxylic acids is 2. The van der Waals surface area contributed by atoms with E-state index in [0.717, 1.165) is 0 Å². The number of ketones is 2. The molecule has 0 atom stereocenters. The quantitative estimate of drug-likeness (QED) is 0.587. The van der Waals surface area contributed by atoms with Crippen LogP contribution in [0.4, 0.5) is 0 Å². The van der Waals surface area contributed by atoms with E-state index in [4.69, 9.17) is 10.2 Å². The van der Waals surface area contributed by atoms with Crippen molar-refractivity contribution >= 4 is 23.5 Å². The number of carboxylic acid groups (broad SMARTS) is 2. The van der Waals surface area contributed by atoms with Crippen LogP contribution < -0.4 is 0 Å². The third-order valence-electron chi connectivity index (χ3n) is 2.11. The summed E-state index contributed by atoms with van der Waals surface area (Å²) in [6, 6.07) is 0. The average molecular weight is 230 g/mol. The maximum atomic E-state index is 11.2. The van der Waals surface area contributed by atoms with Crippen LogP contribution in [0.15, 0.2) is 0 Å². The largest absolute Gasteiger partial charge is 0.481 e. The molecule has 0 fully saturated rings. The second-order valence-corrected chi connectivity index (χ2v) is 3.36. The minimum absolute atomic E-state index is 0.0429. The first kappa shape index (κ1) is 14.3. The van der Waals surface area contributed by atoms with Crippen molar-refractivity contribution in [2.75, 3.05) is 0 Å². The number of hydrogen-bond donors (Lipinski definition) is 2. The second kappa shape index (κ2) is 6.71. The van der Waals surface area contributed by atoms with Crippen LogP contribution in [0.5, 0.6) is 0 Å². The third-order valence-corrected chi connectivity index (χ3v) is 2.11. The second-order valence-electron chi connectivity index (χ2n) is 3.36. The fourth-order valence-electron chi connectivity index (χ4n) is 1.07. The minimum Gasteiger partial charge on any atom is -0.481 e. The molecule has 0 aromatic rings. The van der Waals surface area contributed by atoms with E-state index >= 15 is 0 Å². The normalized spacial score (nSPS) is 10.1. The molecule has 16 heavy (non-hydrogen) atoms. The van der Waals surface area contributed by atoms with Gasteiger partial charge in [0, 0.05) is 25.7 Å². The van der Waals surface area contributed by atoms with Crippen molar-refractivity contribution in [1.29, 1.82) is 0 Å². The Morgan fingerprint density at radius 1 is 0.938 bits per heavy atom. The van der Waals surface area contributed by atoms with E-state index in [-0.39, 0.29) is 18.6 Å². The smallest absolute Gasteiger partial charge is 0.318 e. The first-order valence-corrected chi connectivity index (χ1v) is 4.87. The fraction of sp³-hybridized carbons (Fsp3) is 0.600. The van der Waals surface area contributed by atoms with Gasteiger partial charge >= 0.3 is 11.9 Å². The topological polar surface area (TPSA) is 109 Å². The van der Waals surface area contributed by atoms with Crippen molar-refractivity contribution in [1.82, 2.24) is 0 Å². The molecule has 0 aliphatic carbocycles. The number of Topliss-reactive ketones (excluding diaryl/α,β-unsaturated/α-hetero) is 2. The van der Waals surface area contributed by atoms with E-state index in [1.807, 2.05) is 0 Å². The van der Waals surface area contributed by atoms with Crippen molar-refractivity contribution in [3.8, 4) is 0 Å². The van der Waals surface area contributed by atoms with Crippen molar-refractivity contribution in [2.45, 2.75) is 32.6 Å². The summed E-state index contributed by atoms with van der Waals surface area (Å²) in [4.78, 5) is 43.0. The number of aliphatic carboxylic acids is 2. The van der Waals surface area contributed by atoms with Gasteiger partial charge in [0.05, 0.1) is 0 Å². The predicted molar refractivity (Wildman–Crippen MR) is 52.9 cm³/mol. The van der Waals surface area contributed by atoms with Gasteiger partial charge in [-0.1, -0.05) is 6.92 Å². The fourth-order valence-corrected chi connectivity index (χ4v) is 1.07. The van der Waals surface area contributed by atoms with Gasteiger partial charge in [0.1, 0.15) is 11.6 Å². The molecule has 6 heteroatoms. The lowest BCUT2D eigenvalue weighted by Gasteiger charge is -2.05. The van der Waals surface area contributed by atoms with Crippen molar-refractivity contribution < 1.29 is 29.4 Å². The summed E-state index contributed by atoms with van der Waals surface area (Å²) in [5, 5.41) is 17.0. The predicted octanol–water partition coefficient (Wildman–Crippen LogP) is 0.490. The summed E-state index contributed by atoms with van der Waals surface area (Å²) in [5.74, 6) is -5.42. The lowest BCUT2D eigenvalue weighted by molar-refractivity contribution is -0.156. The molecule has 0 radical (unpaired) electrons. The van der Waals surface area contributed by atoms with Gasteiger partial charge in [-0.25, -0.2) is 0 Å². The zero-order chi connectivity index (χ0) is 12.7. The molecule has 90 valence electrons. The van der Waals surface area contributed by atoms with E-state index in [0.29, 0.717) is 6.42 Å². The molecule has 0 rings (SSSR count). The molecule has 0 heterocycles. The molecular weight excluding hydrogens is 216 g/mol. The number of rotatable bonds is 8. The summed E-state index contributed by atoms with van der Waals surface area (Å²) in [6.07, 6.45) is -0.304.